The number of carbonyl (C=O) groups excluding carboxylic acids is 2. The zero-order chi connectivity index (χ0) is 15.3. The summed E-state index contributed by atoms with van der Waals surface area (Å²) < 4.78 is 0. The molecule has 0 aliphatic rings. The Morgan fingerprint density at radius 1 is 1.20 bits per heavy atom. The number of aryl methyl sites for hydroxylation is 2. The maximum absolute atomic E-state index is 11.8. The first-order chi connectivity index (χ1) is 9.29. The van der Waals surface area contributed by atoms with E-state index in [2.05, 4.69) is 5.32 Å². The SMILES string of the molecule is Cc1ccc(C[C@@H](NC(=O)CC(C)C)C(N)=O)cc1C. The molecule has 0 bridgehead atoms. The Morgan fingerprint density at radius 3 is 2.35 bits per heavy atom. The van der Waals surface area contributed by atoms with Gasteiger partial charge in [0.15, 0.2) is 0 Å². The van der Waals surface area contributed by atoms with Crippen molar-refractivity contribution < 1.29 is 9.59 Å². The third-order valence-electron chi connectivity index (χ3n) is 3.28. The molecule has 0 spiro atoms. The minimum Gasteiger partial charge on any atom is -0.368 e. The second-order valence-electron chi connectivity index (χ2n) is 5.74. The van der Waals surface area contributed by atoms with Gasteiger partial charge in [-0.1, -0.05) is 32.0 Å². The van der Waals surface area contributed by atoms with Crippen LogP contribution in [0, 0.1) is 19.8 Å². The summed E-state index contributed by atoms with van der Waals surface area (Å²) in [4.78, 5) is 23.2. The van der Waals surface area contributed by atoms with E-state index in [1.165, 1.54) is 11.1 Å². The molecule has 1 aromatic carbocycles. The van der Waals surface area contributed by atoms with Gasteiger partial charge in [0.2, 0.25) is 11.8 Å². The molecule has 20 heavy (non-hydrogen) atoms. The van der Waals surface area contributed by atoms with Gasteiger partial charge in [-0.2, -0.15) is 0 Å². The van der Waals surface area contributed by atoms with Gasteiger partial charge in [-0.05, 0) is 36.5 Å². The van der Waals surface area contributed by atoms with Crippen molar-refractivity contribution in [3.63, 3.8) is 0 Å². The Kier molecular flexibility index (Phi) is 5.74. The van der Waals surface area contributed by atoms with Gasteiger partial charge in [0, 0.05) is 12.8 Å². The van der Waals surface area contributed by atoms with Crippen molar-refractivity contribution >= 4 is 11.8 Å². The minimum atomic E-state index is -0.650. The molecule has 0 aromatic heterocycles. The average molecular weight is 276 g/mol. The molecule has 4 heteroatoms. The number of benzene rings is 1. The molecule has 1 atom stereocenters. The molecule has 3 N–H and O–H groups in total. The lowest BCUT2D eigenvalue weighted by molar-refractivity contribution is -0.127. The van der Waals surface area contributed by atoms with Crippen molar-refractivity contribution in [1.29, 1.82) is 0 Å². The second kappa shape index (κ2) is 7.08. The lowest BCUT2D eigenvalue weighted by atomic mass is 10.00. The van der Waals surface area contributed by atoms with E-state index in [1.54, 1.807) is 0 Å². The summed E-state index contributed by atoms with van der Waals surface area (Å²) in [6.07, 6.45) is 0.830. The van der Waals surface area contributed by atoms with Crippen molar-refractivity contribution in [2.75, 3.05) is 0 Å². The lowest BCUT2D eigenvalue weighted by Gasteiger charge is -2.17. The maximum atomic E-state index is 11.8. The van der Waals surface area contributed by atoms with Gasteiger partial charge < -0.3 is 11.1 Å². The smallest absolute Gasteiger partial charge is 0.240 e. The van der Waals surface area contributed by atoms with Crippen LogP contribution in [0.4, 0.5) is 0 Å². The van der Waals surface area contributed by atoms with Crippen LogP contribution in [0.2, 0.25) is 0 Å². The van der Waals surface area contributed by atoms with Gasteiger partial charge in [0.05, 0.1) is 0 Å². The van der Waals surface area contributed by atoms with Crippen LogP contribution < -0.4 is 11.1 Å². The van der Waals surface area contributed by atoms with Crippen LogP contribution in [0.3, 0.4) is 0 Å². The molecule has 0 saturated heterocycles. The molecule has 0 aliphatic heterocycles. The van der Waals surface area contributed by atoms with Crippen molar-refractivity contribution in [2.24, 2.45) is 11.7 Å². The highest BCUT2D eigenvalue weighted by atomic mass is 16.2. The van der Waals surface area contributed by atoms with Gasteiger partial charge in [-0.3, -0.25) is 9.59 Å². The first kappa shape index (κ1) is 16.2. The lowest BCUT2D eigenvalue weighted by Crippen LogP contribution is -2.46. The molecular weight excluding hydrogens is 252 g/mol. The van der Waals surface area contributed by atoms with E-state index in [0.717, 1.165) is 5.56 Å². The average Bonchev–Trinajstić information content (AvgIpc) is 2.31. The zero-order valence-corrected chi connectivity index (χ0v) is 12.7. The third-order valence-corrected chi connectivity index (χ3v) is 3.28. The molecule has 1 rings (SSSR count). The van der Waals surface area contributed by atoms with Crippen LogP contribution in [0.25, 0.3) is 0 Å². The predicted octanol–water partition coefficient (Wildman–Crippen LogP) is 1.86. The second-order valence-corrected chi connectivity index (χ2v) is 5.74. The van der Waals surface area contributed by atoms with Crippen LogP contribution in [0.5, 0.6) is 0 Å². The summed E-state index contributed by atoms with van der Waals surface area (Å²) in [5.74, 6) is -0.377. The fraction of sp³-hybridized carbons (Fsp3) is 0.500. The fourth-order valence-corrected chi connectivity index (χ4v) is 2.01. The highest BCUT2D eigenvalue weighted by Crippen LogP contribution is 2.12. The number of rotatable bonds is 6. The van der Waals surface area contributed by atoms with Gasteiger partial charge in [-0.25, -0.2) is 0 Å². The van der Waals surface area contributed by atoms with Crippen LogP contribution in [-0.2, 0) is 16.0 Å². The summed E-state index contributed by atoms with van der Waals surface area (Å²) in [6.45, 7) is 7.98. The molecule has 1 aromatic rings. The Bertz CT molecular complexity index is 495. The number of primary amides is 1. The number of amides is 2. The number of carbonyl (C=O) groups is 2. The molecular formula is C16H24N2O2. The van der Waals surface area contributed by atoms with Crippen molar-refractivity contribution in [3.8, 4) is 0 Å². The summed E-state index contributed by atoms with van der Waals surface area (Å²) in [7, 11) is 0. The van der Waals surface area contributed by atoms with Gasteiger partial charge >= 0.3 is 0 Å². The van der Waals surface area contributed by atoms with Crippen molar-refractivity contribution in [1.82, 2.24) is 5.32 Å². The summed E-state index contributed by atoms with van der Waals surface area (Å²) >= 11 is 0. The number of nitrogens with two attached hydrogens (primary N) is 1. The van der Waals surface area contributed by atoms with E-state index in [1.807, 2.05) is 45.9 Å². The topological polar surface area (TPSA) is 72.2 Å². The minimum absolute atomic E-state index is 0.132. The van der Waals surface area contributed by atoms with E-state index >= 15 is 0 Å². The highest BCUT2D eigenvalue weighted by Gasteiger charge is 2.19. The monoisotopic (exact) mass is 276 g/mol. The molecule has 0 radical (unpaired) electrons. The first-order valence-corrected chi connectivity index (χ1v) is 6.94. The third kappa shape index (κ3) is 5.03. The Hall–Kier alpha value is -1.84. The van der Waals surface area contributed by atoms with Crippen LogP contribution in [0.1, 0.15) is 37.0 Å². The molecule has 0 saturated carbocycles. The normalized spacial score (nSPS) is 12.2. The molecule has 0 heterocycles. The zero-order valence-electron chi connectivity index (χ0n) is 12.7. The Labute approximate surface area is 120 Å². The first-order valence-electron chi connectivity index (χ1n) is 6.94. The Balaban J connectivity index is 2.74. The number of nitrogens with one attached hydrogen (secondary N) is 1. The van der Waals surface area contributed by atoms with Crippen LogP contribution in [0.15, 0.2) is 18.2 Å². The van der Waals surface area contributed by atoms with Crippen LogP contribution >= 0.6 is 0 Å². The molecule has 2 amide bonds. The summed E-state index contributed by atoms with van der Waals surface area (Å²) in [6, 6.07) is 5.36. The maximum Gasteiger partial charge on any atom is 0.240 e. The molecule has 0 fully saturated rings. The van der Waals surface area contributed by atoms with E-state index in [0.29, 0.717) is 12.8 Å². The van der Waals surface area contributed by atoms with Gasteiger partial charge in [0.1, 0.15) is 6.04 Å². The highest BCUT2D eigenvalue weighted by molar-refractivity contribution is 5.86. The molecule has 0 aliphatic carbocycles. The standard InChI is InChI=1S/C16H24N2O2/c1-10(2)7-15(19)18-14(16(17)20)9-13-6-5-11(3)12(4)8-13/h5-6,8,10,14H,7,9H2,1-4H3,(H2,17,20)(H,18,19)/t14-/m1/s1. The molecule has 110 valence electrons. The summed E-state index contributed by atoms with van der Waals surface area (Å²) in [5, 5.41) is 2.72. The number of hydrogen-bond acceptors (Lipinski definition) is 2. The van der Waals surface area contributed by atoms with Crippen molar-refractivity contribution in [2.45, 2.75) is 46.6 Å². The quantitative estimate of drug-likeness (QED) is 0.832. The van der Waals surface area contributed by atoms with Crippen molar-refractivity contribution in [3.05, 3.63) is 34.9 Å². The van der Waals surface area contributed by atoms with E-state index in [9.17, 15) is 9.59 Å². The van der Waals surface area contributed by atoms with E-state index < -0.39 is 11.9 Å². The largest absolute Gasteiger partial charge is 0.368 e. The number of hydrogen-bond donors (Lipinski definition) is 2. The Morgan fingerprint density at radius 2 is 1.85 bits per heavy atom. The molecule has 4 nitrogen and oxygen atoms in total. The molecule has 0 unspecified atom stereocenters. The van der Waals surface area contributed by atoms with Gasteiger partial charge in [0.25, 0.3) is 0 Å². The summed E-state index contributed by atoms with van der Waals surface area (Å²) in [5.41, 5.74) is 8.75. The fourth-order valence-electron chi connectivity index (χ4n) is 2.01. The van der Waals surface area contributed by atoms with E-state index in [-0.39, 0.29) is 11.8 Å². The van der Waals surface area contributed by atoms with Gasteiger partial charge in [-0.15, -0.1) is 0 Å². The van der Waals surface area contributed by atoms with E-state index in [4.69, 9.17) is 5.73 Å². The van der Waals surface area contributed by atoms with Crippen LogP contribution in [-0.4, -0.2) is 17.9 Å². The predicted molar refractivity (Wildman–Crippen MR) is 80.2 cm³/mol.